The van der Waals surface area contributed by atoms with Gasteiger partial charge in [0.2, 0.25) is 0 Å². The van der Waals surface area contributed by atoms with Crippen molar-refractivity contribution in [2.24, 2.45) is 0 Å². The minimum absolute atomic E-state index is 0.142. The number of nitrogens with one attached hydrogen (secondary N) is 1. The molecule has 0 saturated heterocycles. The van der Waals surface area contributed by atoms with Crippen molar-refractivity contribution in [3.05, 3.63) is 64.7 Å². The van der Waals surface area contributed by atoms with E-state index < -0.39 is 0 Å². The molecule has 0 bridgehead atoms. The Kier molecular flexibility index (Phi) is 4.27. The Balaban J connectivity index is 2.52. The van der Waals surface area contributed by atoms with Crippen molar-refractivity contribution in [1.82, 2.24) is 10.3 Å². The zero-order valence-electron chi connectivity index (χ0n) is 11.6. The van der Waals surface area contributed by atoms with Gasteiger partial charge in [0, 0.05) is 18.0 Å². The van der Waals surface area contributed by atoms with Gasteiger partial charge < -0.3 is 5.32 Å². The van der Waals surface area contributed by atoms with Gasteiger partial charge in [0.25, 0.3) is 0 Å². The normalized spacial score (nSPS) is 12.4. The predicted octanol–water partition coefficient (Wildman–Crippen LogP) is 3.54. The Morgan fingerprint density at radius 3 is 2.63 bits per heavy atom. The van der Waals surface area contributed by atoms with Gasteiger partial charge in [-0.1, -0.05) is 25.1 Å². The van der Waals surface area contributed by atoms with Gasteiger partial charge >= 0.3 is 0 Å². The van der Waals surface area contributed by atoms with Gasteiger partial charge in [-0.3, -0.25) is 4.98 Å². The highest BCUT2D eigenvalue weighted by Gasteiger charge is 2.19. The molecule has 3 heteroatoms. The van der Waals surface area contributed by atoms with Gasteiger partial charge in [0.1, 0.15) is 5.82 Å². The molecule has 0 radical (unpaired) electrons. The Labute approximate surface area is 113 Å². The zero-order chi connectivity index (χ0) is 13.8. The molecule has 1 aromatic carbocycles. The van der Waals surface area contributed by atoms with E-state index in [0.29, 0.717) is 11.1 Å². The first-order valence-electron chi connectivity index (χ1n) is 6.54. The Hall–Kier alpha value is -1.74. The summed E-state index contributed by atoms with van der Waals surface area (Å²) in [6.45, 7) is 6.60. The van der Waals surface area contributed by atoms with E-state index in [2.05, 4.69) is 10.3 Å². The summed E-state index contributed by atoms with van der Waals surface area (Å²) in [6, 6.07) is 7.32. The van der Waals surface area contributed by atoms with E-state index in [0.717, 1.165) is 17.7 Å². The Morgan fingerprint density at radius 1 is 1.16 bits per heavy atom. The number of halogens is 1. The van der Waals surface area contributed by atoms with Crippen molar-refractivity contribution < 1.29 is 4.39 Å². The molecule has 1 heterocycles. The van der Waals surface area contributed by atoms with E-state index in [1.54, 1.807) is 19.2 Å². The second-order valence-electron chi connectivity index (χ2n) is 4.70. The average Bonchev–Trinajstić information content (AvgIpc) is 2.41. The summed E-state index contributed by atoms with van der Waals surface area (Å²) in [5.74, 6) is -0.142. The molecule has 0 aliphatic rings. The van der Waals surface area contributed by atoms with Gasteiger partial charge in [-0.2, -0.15) is 0 Å². The summed E-state index contributed by atoms with van der Waals surface area (Å²) in [5.41, 5.74) is 3.48. The van der Waals surface area contributed by atoms with Crippen molar-refractivity contribution in [3.63, 3.8) is 0 Å². The Bertz CT molecular complexity index is 566. The minimum Gasteiger partial charge on any atom is -0.306 e. The fourth-order valence-corrected chi connectivity index (χ4v) is 2.26. The highest BCUT2D eigenvalue weighted by atomic mass is 19.1. The van der Waals surface area contributed by atoms with E-state index in [1.807, 2.05) is 38.2 Å². The van der Waals surface area contributed by atoms with Crippen molar-refractivity contribution in [1.29, 1.82) is 0 Å². The van der Waals surface area contributed by atoms with E-state index >= 15 is 0 Å². The second kappa shape index (κ2) is 5.93. The summed E-state index contributed by atoms with van der Waals surface area (Å²) >= 11 is 0. The average molecular weight is 258 g/mol. The number of benzene rings is 1. The van der Waals surface area contributed by atoms with Crippen LogP contribution in [0.1, 0.15) is 35.2 Å². The molecule has 0 aliphatic carbocycles. The number of pyridine rings is 1. The van der Waals surface area contributed by atoms with Gasteiger partial charge in [0.05, 0.1) is 6.04 Å². The molecule has 0 spiro atoms. The molecule has 100 valence electrons. The summed E-state index contributed by atoms with van der Waals surface area (Å²) < 4.78 is 14.3. The van der Waals surface area contributed by atoms with Crippen molar-refractivity contribution in [2.75, 3.05) is 6.54 Å². The predicted molar refractivity (Wildman–Crippen MR) is 75.6 cm³/mol. The third-order valence-corrected chi connectivity index (χ3v) is 3.33. The summed E-state index contributed by atoms with van der Waals surface area (Å²) in [4.78, 5) is 4.16. The maximum atomic E-state index is 14.3. The third kappa shape index (κ3) is 2.82. The van der Waals surface area contributed by atoms with Gasteiger partial charge in [-0.05, 0) is 43.1 Å². The molecule has 0 amide bonds. The molecular weight excluding hydrogens is 239 g/mol. The fourth-order valence-electron chi connectivity index (χ4n) is 2.26. The van der Waals surface area contributed by atoms with Crippen molar-refractivity contribution in [2.45, 2.75) is 26.8 Å². The van der Waals surface area contributed by atoms with Crippen LogP contribution in [0.25, 0.3) is 0 Å². The highest BCUT2D eigenvalue weighted by molar-refractivity contribution is 5.37. The standard InChI is InChI=1S/C16H19FN2/c1-4-19-16(14-10-18-9-8-11(14)2)13-7-5-6-12(3)15(13)17/h5-10,16,19H,4H2,1-3H3. The van der Waals surface area contributed by atoms with Crippen LogP contribution in [-0.2, 0) is 0 Å². The quantitative estimate of drug-likeness (QED) is 0.907. The minimum atomic E-state index is -0.154. The van der Waals surface area contributed by atoms with E-state index in [9.17, 15) is 4.39 Å². The number of aryl methyl sites for hydroxylation is 2. The summed E-state index contributed by atoms with van der Waals surface area (Å²) in [7, 11) is 0. The van der Waals surface area contributed by atoms with Gasteiger partial charge in [-0.15, -0.1) is 0 Å². The lowest BCUT2D eigenvalue weighted by Crippen LogP contribution is -2.24. The molecule has 2 rings (SSSR count). The first kappa shape index (κ1) is 13.7. The number of aromatic nitrogens is 1. The maximum Gasteiger partial charge on any atom is 0.131 e. The largest absolute Gasteiger partial charge is 0.306 e. The molecule has 1 unspecified atom stereocenters. The van der Waals surface area contributed by atoms with Crippen LogP contribution in [0.3, 0.4) is 0 Å². The summed E-state index contributed by atoms with van der Waals surface area (Å²) in [5, 5.41) is 3.34. The van der Waals surface area contributed by atoms with Crippen LogP contribution in [0, 0.1) is 19.7 Å². The number of hydrogen-bond acceptors (Lipinski definition) is 2. The molecule has 2 aromatic rings. The molecule has 1 atom stereocenters. The lowest BCUT2D eigenvalue weighted by Gasteiger charge is -2.21. The fraction of sp³-hybridized carbons (Fsp3) is 0.312. The molecule has 1 N–H and O–H groups in total. The van der Waals surface area contributed by atoms with Gasteiger partial charge in [-0.25, -0.2) is 4.39 Å². The number of nitrogens with zero attached hydrogens (tertiary/aromatic N) is 1. The van der Waals surface area contributed by atoms with Crippen LogP contribution in [0.2, 0.25) is 0 Å². The van der Waals surface area contributed by atoms with Crippen LogP contribution in [-0.4, -0.2) is 11.5 Å². The van der Waals surface area contributed by atoms with Crippen LogP contribution in [0.5, 0.6) is 0 Å². The zero-order valence-corrected chi connectivity index (χ0v) is 11.6. The molecule has 0 saturated carbocycles. The van der Waals surface area contributed by atoms with E-state index in [4.69, 9.17) is 0 Å². The molecule has 0 fully saturated rings. The number of rotatable bonds is 4. The third-order valence-electron chi connectivity index (χ3n) is 3.33. The van der Waals surface area contributed by atoms with Crippen LogP contribution in [0.4, 0.5) is 4.39 Å². The lowest BCUT2D eigenvalue weighted by atomic mass is 9.95. The van der Waals surface area contributed by atoms with E-state index in [1.165, 1.54) is 0 Å². The molecule has 1 aromatic heterocycles. The first-order chi connectivity index (χ1) is 9.15. The maximum absolute atomic E-state index is 14.3. The van der Waals surface area contributed by atoms with Crippen LogP contribution >= 0.6 is 0 Å². The van der Waals surface area contributed by atoms with Crippen LogP contribution in [0.15, 0.2) is 36.7 Å². The van der Waals surface area contributed by atoms with E-state index in [-0.39, 0.29) is 11.9 Å². The second-order valence-corrected chi connectivity index (χ2v) is 4.70. The van der Waals surface area contributed by atoms with Crippen molar-refractivity contribution >= 4 is 0 Å². The molecule has 19 heavy (non-hydrogen) atoms. The topological polar surface area (TPSA) is 24.9 Å². The molecule has 2 nitrogen and oxygen atoms in total. The summed E-state index contributed by atoms with van der Waals surface area (Å²) in [6.07, 6.45) is 3.57. The monoisotopic (exact) mass is 258 g/mol. The first-order valence-corrected chi connectivity index (χ1v) is 6.54. The smallest absolute Gasteiger partial charge is 0.131 e. The SMILES string of the molecule is CCNC(c1cnccc1C)c1cccc(C)c1F. The van der Waals surface area contributed by atoms with Gasteiger partial charge in [0.15, 0.2) is 0 Å². The highest BCUT2D eigenvalue weighted by Crippen LogP contribution is 2.27. The Morgan fingerprint density at radius 2 is 1.95 bits per heavy atom. The lowest BCUT2D eigenvalue weighted by molar-refractivity contribution is 0.551. The van der Waals surface area contributed by atoms with Crippen molar-refractivity contribution in [3.8, 4) is 0 Å². The number of hydrogen-bond donors (Lipinski definition) is 1. The molecular formula is C16H19FN2. The molecule has 0 aliphatic heterocycles. The van der Waals surface area contributed by atoms with Crippen LogP contribution < -0.4 is 5.32 Å².